The Kier molecular flexibility index (Phi) is 24.9. The third kappa shape index (κ3) is 17.7. The Morgan fingerprint density at radius 3 is 2.24 bits per heavy atom. The maximum absolute atomic E-state index is 14.8. The number of fused-ring (bicyclic) bond motifs is 5. The molecule has 1 aromatic carbocycles. The second kappa shape index (κ2) is 29.9. The SMILES string of the molecule is CC[C@H](C)[C@@H]1NC(=O)CNC(=O)[C@@H]2CC(=O)[C@H]([C@@H](C)[C@@H](O)CO)NC(=O)[C@@H]3C[C@@H](O)CN3C(=O)[C@H](CC(N)=O)CC(=O)[C@H](C[SH+]c3[nH]c4cc(OCCCCCCCC(=O)CI)ccc4c3C2)NC(=O)CNC1=O.[OH-]. The molecule has 2 aromatic rings. The van der Waals surface area contributed by atoms with Gasteiger partial charge in [-0.1, -0.05) is 69.0 Å². The molecule has 0 unspecified atom stereocenters. The summed E-state index contributed by atoms with van der Waals surface area (Å²) in [5.41, 5.74) is 6.68. The molecule has 25 heteroatoms. The maximum Gasteiger partial charge on any atom is 0.243 e. The lowest BCUT2D eigenvalue weighted by atomic mass is 9.85. The van der Waals surface area contributed by atoms with E-state index in [2.05, 4.69) is 54.2 Å². The minimum atomic E-state index is -1.59. The molecule has 10 atom stereocenters. The first-order valence-electron chi connectivity index (χ1n) is 25.3. The Morgan fingerprint density at radius 1 is 0.880 bits per heavy atom. The number of thiol groups is 1. The molecule has 1 aromatic heterocycles. The smallest absolute Gasteiger partial charge is 0.243 e. The standard InChI is InChI=1S/C50H71IN8O14S.H2O/c1-4-26(2)44-48(71)54-21-42(67)55-36-25-74-49-34(33-12-11-32(19-35(33)56-49)73-13-9-7-5-6-8-10-30(61)20-51)14-28(46(69)53-22-43(68)57-44)15-39(64)45(27(3)40(65)24-60)58-47(70)37-18-31(62)23-59(37)50(72)29(16-38(36)63)17-41(52)66;/h11-12,19,26-29,31,36-37,40,44-45,56,60,62,65H,4-10,13-18,20-25H2,1-3H3,(H2,52,66)(H,53,69)(H,54,71)(H,55,67)(H,57,68)(H,58,70);1H2/t26-,27-,28-,29-,31+,36-,37-,40-,44-,45-;/m0./s1. The van der Waals surface area contributed by atoms with Gasteiger partial charge in [-0.2, -0.15) is 0 Å². The summed E-state index contributed by atoms with van der Waals surface area (Å²) in [6.07, 6.45) is 0.0941. The Hall–Kier alpha value is -5.22. The largest absolute Gasteiger partial charge is 0.870 e. The molecule has 23 nitrogen and oxygen atoms in total. The summed E-state index contributed by atoms with van der Waals surface area (Å²) < 4.78 is 6.64. The van der Waals surface area contributed by atoms with Crippen molar-refractivity contribution in [1.82, 2.24) is 36.5 Å². The van der Waals surface area contributed by atoms with Crippen molar-refractivity contribution in [2.45, 2.75) is 139 Å². The fraction of sp³-hybridized carbons (Fsp3) is 0.640. The van der Waals surface area contributed by atoms with E-state index in [4.69, 9.17) is 10.5 Å². The molecule has 1 saturated heterocycles. The predicted octanol–water partition coefficient (Wildman–Crippen LogP) is -0.832. The first kappa shape index (κ1) is 62.3. The van der Waals surface area contributed by atoms with Crippen LogP contribution in [-0.2, 0) is 66.1 Å². The fourth-order valence-electron chi connectivity index (χ4n) is 9.47. The van der Waals surface area contributed by atoms with Crippen molar-refractivity contribution in [2.24, 2.45) is 29.4 Å². The molecule has 0 spiro atoms. The van der Waals surface area contributed by atoms with Gasteiger partial charge in [-0.25, -0.2) is 0 Å². The number of Topliss-reactive ketones (excluding diaryl/α,β-unsaturated/α-hetero) is 3. The highest BCUT2D eigenvalue weighted by atomic mass is 127. The van der Waals surface area contributed by atoms with Crippen LogP contribution in [0.5, 0.6) is 5.75 Å². The van der Waals surface area contributed by atoms with E-state index in [1.165, 1.54) is 6.92 Å². The van der Waals surface area contributed by atoms with Gasteiger partial charge < -0.3 is 67.7 Å². The lowest BCUT2D eigenvalue weighted by molar-refractivity contribution is -0.145. The van der Waals surface area contributed by atoms with Gasteiger partial charge in [-0.15, -0.1) is 0 Å². The number of hydrogen-bond donors (Lipinski definition) is 10. The molecule has 416 valence electrons. The summed E-state index contributed by atoms with van der Waals surface area (Å²) in [6, 6.07) is -0.301. The molecule has 4 heterocycles. The van der Waals surface area contributed by atoms with E-state index < -0.39 is 158 Å². The van der Waals surface area contributed by atoms with Crippen LogP contribution in [0.2, 0.25) is 0 Å². The Balaban J connectivity index is 0.0000122. The number of carbonyl (C=O) groups excluding carboxylic acids is 10. The highest BCUT2D eigenvalue weighted by Crippen LogP contribution is 2.32. The fourth-order valence-corrected chi connectivity index (χ4v) is 11.1. The van der Waals surface area contributed by atoms with Crippen LogP contribution in [0.3, 0.4) is 0 Å². The van der Waals surface area contributed by atoms with Crippen LogP contribution in [0.25, 0.3) is 10.9 Å². The van der Waals surface area contributed by atoms with Crippen LogP contribution in [0.4, 0.5) is 0 Å². The molecule has 75 heavy (non-hydrogen) atoms. The number of amides is 7. The summed E-state index contributed by atoms with van der Waals surface area (Å²) in [7, 11) is 0. The lowest BCUT2D eigenvalue weighted by Crippen LogP contribution is -2.56. The van der Waals surface area contributed by atoms with Crippen molar-refractivity contribution in [3.05, 3.63) is 23.8 Å². The van der Waals surface area contributed by atoms with Crippen molar-refractivity contribution in [3.63, 3.8) is 0 Å². The first-order chi connectivity index (χ1) is 35.2. The van der Waals surface area contributed by atoms with Crippen LogP contribution >= 0.6 is 22.6 Å². The number of aromatic amines is 1. The van der Waals surface area contributed by atoms with Gasteiger partial charge in [0.1, 0.15) is 35.4 Å². The predicted molar refractivity (Wildman–Crippen MR) is 283 cm³/mol. The number of aliphatic hydroxyl groups is 3. The van der Waals surface area contributed by atoms with Gasteiger partial charge in [-0.05, 0) is 37.3 Å². The number of aliphatic hydroxyl groups excluding tert-OH is 3. The molecule has 0 saturated carbocycles. The van der Waals surface area contributed by atoms with Gasteiger partial charge >= 0.3 is 0 Å². The maximum atomic E-state index is 14.8. The summed E-state index contributed by atoms with van der Waals surface area (Å²) in [4.78, 5) is 142. The summed E-state index contributed by atoms with van der Waals surface area (Å²) in [6.45, 7) is 2.81. The van der Waals surface area contributed by atoms with E-state index in [1.807, 2.05) is 0 Å². The minimum Gasteiger partial charge on any atom is -0.870 e. The number of nitrogens with two attached hydrogens (primary N) is 1. The summed E-state index contributed by atoms with van der Waals surface area (Å²) in [5, 5.41) is 45.8. The molecule has 3 aliphatic rings. The number of benzene rings is 1. The highest BCUT2D eigenvalue weighted by molar-refractivity contribution is 14.1. The van der Waals surface area contributed by atoms with Crippen LogP contribution in [0.15, 0.2) is 23.2 Å². The van der Waals surface area contributed by atoms with Gasteiger partial charge in [0, 0.05) is 79.3 Å². The Labute approximate surface area is 452 Å². The van der Waals surface area contributed by atoms with Gasteiger partial charge in [-0.3, -0.25) is 47.9 Å². The van der Waals surface area contributed by atoms with Crippen LogP contribution in [0.1, 0.15) is 97.0 Å². The molecule has 7 amide bonds. The number of H-pyrrole nitrogens is 1. The third-order valence-corrected chi connectivity index (χ3v) is 16.1. The average Bonchev–Trinajstić information content (AvgIpc) is 3.94. The quantitative estimate of drug-likeness (QED) is 0.0304. The van der Waals surface area contributed by atoms with Crippen molar-refractivity contribution < 1.29 is 73.5 Å². The topological polar surface area (TPSA) is 376 Å². The number of halogens is 1. The average molecular weight is 1190 g/mol. The number of ether oxygens (including phenoxy) is 1. The molecule has 0 radical (unpaired) electrons. The third-order valence-electron chi connectivity index (χ3n) is 14.0. The van der Waals surface area contributed by atoms with Gasteiger partial charge in [0.05, 0.1) is 60.4 Å². The monoisotopic (exact) mass is 1180 g/mol. The number of nitrogens with one attached hydrogen (secondary N) is 6. The molecule has 1 fully saturated rings. The second-order valence-corrected chi connectivity index (χ2v) is 21.5. The molecule has 0 aliphatic carbocycles. The van der Waals surface area contributed by atoms with Crippen molar-refractivity contribution in [3.8, 4) is 5.75 Å². The van der Waals surface area contributed by atoms with Crippen LogP contribution < -0.4 is 37.1 Å². The molecule has 3 aliphatic heterocycles. The number of alkyl halides is 1. The number of ketones is 3. The number of nitrogens with zero attached hydrogens (tertiary/aromatic N) is 1. The van der Waals surface area contributed by atoms with E-state index in [1.54, 1.807) is 32.0 Å². The van der Waals surface area contributed by atoms with Crippen molar-refractivity contribution in [1.29, 1.82) is 0 Å². The number of primary amides is 1. The van der Waals surface area contributed by atoms with Crippen molar-refractivity contribution in [2.75, 3.05) is 43.0 Å². The van der Waals surface area contributed by atoms with E-state index >= 15 is 0 Å². The van der Waals surface area contributed by atoms with Crippen LogP contribution in [-0.4, -0.2) is 169 Å². The highest BCUT2D eigenvalue weighted by Gasteiger charge is 2.45. The molecule has 12 N–H and O–H groups in total. The molecular formula is C50H73IN8O15S. The lowest BCUT2D eigenvalue weighted by Gasteiger charge is -2.32. The number of carbonyl (C=O) groups is 10. The molecular weight excluding hydrogens is 1110 g/mol. The van der Waals surface area contributed by atoms with E-state index in [-0.39, 0.29) is 29.9 Å². The van der Waals surface area contributed by atoms with Crippen molar-refractivity contribution >= 4 is 104 Å². The zero-order valence-corrected chi connectivity index (χ0v) is 45.6. The zero-order chi connectivity index (χ0) is 54.2. The number of unbranched alkanes of at least 4 members (excludes halogenated alkanes) is 4. The van der Waals surface area contributed by atoms with Gasteiger partial charge in [0.2, 0.25) is 46.4 Å². The number of hydrogen-bond acceptors (Lipinski definition) is 15. The Morgan fingerprint density at radius 2 is 1.56 bits per heavy atom. The second-order valence-electron chi connectivity index (χ2n) is 19.6. The minimum absolute atomic E-state index is 0. The van der Waals surface area contributed by atoms with E-state index in [0.717, 1.165) is 37.0 Å². The van der Waals surface area contributed by atoms with E-state index in [9.17, 15) is 63.3 Å². The zero-order valence-electron chi connectivity index (χ0n) is 42.6. The van der Waals surface area contributed by atoms with Crippen LogP contribution in [0, 0.1) is 23.7 Å². The normalized spacial score (nSPS) is 25.1. The summed E-state index contributed by atoms with van der Waals surface area (Å²) >= 11 is 2.43. The summed E-state index contributed by atoms with van der Waals surface area (Å²) in [5.74, 6) is -11.1. The molecule has 5 rings (SSSR count). The number of rotatable bonds is 17. The first-order valence-corrected chi connectivity index (χ1v) is 27.9. The number of aromatic nitrogens is 1. The molecule has 2 bridgehead atoms. The van der Waals surface area contributed by atoms with E-state index in [0.29, 0.717) is 62.9 Å². The van der Waals surface area contributed by atoms with Gasteiger partial charge in [0.15, 0.2) is 11.6 Å². The Bertz CT molecular complexity index is 2390. The van der Waals surface area contributed by atoms with Gasteiger partial charge in [0.25, 0.3) is 0 Å².